The van der Waals surface area contributed by atoms with Crippen LogP contribution in [0.25, 0.3) is 11.1 Å². The number of rotatable bonds is 8. The summed E-state index contributed by atoms with van der Waals surface area (Å²) in [6.45, 7) is 18.1. The third-order valence-corrected chi connectivity index (χ3v) is 42.0. The van der Waals surface area contributed by atoms with Crippen LogP contribution in [0.5, 0.6) is 0 Å². The van der Waals surface area contributed by atoms with E-state index in [9.17, 15) is 0 Å². The maximum absolute atomic E-state index is 5.94. The fraction of sp³-hybridized carbons (Fsp3) is 0.390. The summed E-state index contributed by atoms with van der Waals surface area (Å²) in [6.07, 6.45) is 15.0. The molecule has 222 valence electrons. The van der Waals surface area contributed by atoms with Crippen LogP contribution >= 0.6 is 0 Å². The predicted octanol–water partition coefficient (Wildman–Crippen LogP) is 11.7. The Morgan fingerprint density at radius 1 is 0.714 bits per heavy atom. The molecule has 0 bridgehead atoms. The van der Waals surface area contributed by atoms with Gasteiger partial charge in [0.05, 0.1) is 0 Å². The fourth-order valence-electron chi connectivity index (χ4n) is 9.28. The van der Waals surface area contributed by atoms with E-state index in [-0.39, 0.29) is 18.1 Å². The first kappa shape index (κ1) is 31.1. The first-order chi connectivity index (χ1) is 19.4. The van der Waals surface area contributed by atoms with Gasteiger partial charge in [0.25, 0.3) is 0 Å². The number of hydrogen-bond acceptors (Lipinski definition) is 0. The van der Waals surface area contributed by atoms with Gasteiger partial charge < -0.3 is 0 Å². The van der Waals surface area contributed by atoms with Crippen LogP contribution < -0.4 is 3.27 Å². The molecule has 3 aromatic carbocycles. The topological polar surface area (TPSA) is 0 Å². The van der Waals surface area contributed by atoms with Gasteiger partial charge in [-0.2, -0.15) is 0 Å². The van der Waals surface area contributed by atoms with Gasteiger partial charge in [0.2, 0.25) is 0 Å². The van der Waals surface area contributed by atoms with Gasteiger partial charge in [-0.25, -0.2) is 0 Å². The van der Waals surface area contributed by atoms with E-state index in [0.29, 0.717) is 0 Å². The predicted molar refractivity (Wildman–Crippen MR) is 187 cm³/mol. The standard InChI is InChI=1S/C21H25.C6H5.C6H11.C5H5.2CH3.CH2.Zr/c1-20(2,3)16-7-9-18-14(12-16)11-15-13-17(21(4,5)6)8-10-19(15)18;1-2-4-6-5-3-1;1-3-5-6-4-2;1-2-4-5-3-1;;;;/h7-13H,1-6H3;1-5H;3H,1-2,4-6H2;1-5H;2*1H3;1H2;. The molecule has 1 heteroatoms. The molecule has 2 aliphatic carbocycles. The Morgan fingerprint density at radius 2 is 1.21 bits per heavy atom. The monoisotopic (exact) mass is 636 g/mol. The summed E-state index contributed by atoms with van der Waals surface area (Å²) in [4.78, 5) is 0. The van der Waals surface area contributed by atoms with Gasteiger partial charge in [-0.15, -0.1) is 0 Å². The molecule has 0 unspecified atom stereocenters. The van der Waals surface area contributed by atoms with Crippen molar-refractivity contribution in [1.82, 2.24) is 0 Å². The zero-order valence-electron chi connectivity index (χ0n) is 27.6. The number of allylic oxidation sites excluding steroid dienone is 5. The van der Waals surface area contributed by atoms with Crippen molar-refractivity contribution in [3.05, 3.63) is 126 Å². The molecular weight excluding hydrogens is 584 g/mol. The zero-order valence-corrected chi connectivity index (χ0v) is 30.1. The second kappa shape index (κ2) is 9.08. The summed E-state index contributed by atoms with van der Waals surface area (Å²) >= 11 is -5.58. The number of hydrogen-bond donors (Lipinski definition) is 0. The van der Waals surface area contributed by atoms with Crippen molar-refractivity contribution in [2.75, 3.05) is 0 Å². The van der Waals surface area contributed by atoms with Crippen LogP contribution in [0.4, 0.5) is 0 Å². The summed E-state index contributed by atoms with van der Waals surface area (Å²) < 4.78 is 14.5. The quantitative estimate of drug-likeness (QED) is 0.170. The van der Waals surface area contributed by atoms with Crippen LogP contribution in [-0.4, -0.2) is 4.21 Å². The summed E-state index contributed by atoms with van der Waals surface area (Å²) in [5.41, 5.74) is 8.71. The molecule has 0 aromatic heterocycles. The average molecular weight is 638 g/mol. The summed E-state index contributed by atoms with van der Waals surface area (Å²) in [7, 11) is 0. The minimum absolute atomic E-state index is 0.0566. The van der Waals surface area contributed by atoms with E-state index in [0.717, 1.165) is 23.4 Å². The molecule has 2 aliphatic rings. The van der Waals surface area contributed by atoms with E-state index in [2.05, 4.69) is 154 Å². The van der Waals surface area contributed by atoms with Crippen molar-refractivity contribution >= 4 is 7.48 Å². The molecule has 0 heterocycles. The Labute approximate surface area is 250 Å². The van der Waals surface area contributed by atoms with Crippen molar-refractivity contribution in [3.63, 3.8) is 0 Å². The van der Waals surface area contributed by atoms with Crippen LogP contribution in [0.15, 0.2) is 104 Å². The third kappa shape index (κ3) is 4.28. The molecular formula is C41H54Zr. The zero-order chi connectivity index (χ0) is 30.7. The van der Waals surface area contributed by atoms with Gasteiger partial charge in [0.1, 0.15) is 0 Å². The summed E-state index contributed by atoms with van der Waals surface area (Å²) in [5.74, 6) is 0. The van der Waals surface area contributed by atoms with Gasteiger partial charge in [0, 0.05) is 0 Å². The maximum atomic E-state index is 5.94. The normalized spacial score (nSPS) is 18.1. The van der Waals surface area contributed by atoms with Gasteiger partial charge in [0.15, 0.2) is 0 Å². The van der Waals surface area contributed by atoms with E-state index in [1.807, 2.05) is 0 Å². The molecule has 0 nitrogen and oxygen atoms in total. The van der Waals surface area contributed by atoms with Crippen LogP contribution in [-0.2, 0) is 26.2 Å². The minimum atomic E-state index is -5.58. The van der Waals surface area contributed by atoms with E-state index in [1.54, 1.807) is 0 Å². The van der Waals surface area contributed by atoms with Gasteiger partial charge in [-0.1, -0.05) is 0 Å². The van der Waals surface area contributed by atoms with Crippen molar-refractivity contribution in [3.8, 4) is 11.1 Å². The molecule has 5 rings (SSSR count). The second-order valence-corrected chi connectivity index (χ2v) is 50.6. The SMILES string of the molecule is C=CCCC[CH2][Zr](=[CH2])([CH3])([CH3])([c]1ccccc1)([CH]1C=CC=C1)[CH]1c2cc(C(C)(C)C)ccc2-c2ccc(C(C)(C)C)cc21. The summed E-state index contributed by atoms with van der Waals surface area (Å²) in [6, 6.07) is 26.4. The van der Waals surface area contributed by atoms with E-state index in [1.165, 1.54) is 36.7 Å². The second-order valence-electron chi connectivity index (χ2n) is 18.2. The molecule has 0 atom stereocenters. The molecule has 0 spiro atoms. The van der Waals surface area contributed by atoms with E-state index >= 15 is 0 Å². The fourth-order valence-corrected chi connectivity index (χ4v) is 35.7. The Kier molecular flexibility index (Phi) is 6.72. The van der Waals surface area contributed by atoms with E-state index in [4.69, 9.17) is 4.21 Å². The van der Waals surface area contributed by atoms with Crippen LogP contribution in [0.3, 0.4) is 0 Å². The van der Waals surface area contributed by atoms with Crippen LogP contribution in [0, 0.1) is 0 Å². The Balaban J connectivity index is 2.01. The molecule has 42 heavy (non-hydrogen) atoms. The first-order valence-corrected chi connectivity index (χ1v) is 28.7. The van der Waals surface area contributed by atoms with Gasteiger partial charge >= 0.3 is 252 Å². The van der Waals surface area contributed by atoms with Crippen LogP contribution in [0.2, 0.25) is 17.0 Å². The average Bonchev–Trinajstić information content (AvgIpc) is 3.59. The van der Waals surface area contributed by atoms with Crippen molar-refractivity contribution in [2.45, 2.75) is 92.3 Å². The number of benzene rings is 3. The third-order valence-electron chi connectivity index (χ3n) is 12.3. The molecule has 3 aromatic rings. The first-order valence-electron chi connectivity index (χ1n) is 16.2. The Bertz CT molecular complexity index is 1660. The molecule has 0 saturated carbocycles. The number of fused-ring (bicyclic) bond motifs is 3. The molecule has 0 N–H and O–H groups in total. The molecule has 0 saturated heterocycles. The molecule has 0 amide bonds. The van der Waals surface area contributed by atoms with E-state index < -0.39 is 15.3 Å². The van der Waals surface area contributed by atoms with Crippen molar-refractivity contribution < 1.29 is 15.3 Å². The van der Waals surface area contributed by atoms with Crippen molar-refractivity contribution in [2.24, 2.45) is 0 Å². The number of unbranched alkanes of at least 4 members (excludes halogenated alkanes) is 2. The molecule has 0 radical (unpaired) electrons. The Morgan fingerprint density at radius 3 is 1.67 bits per heavy atom. The summed E-state index contributed by atoms with van der Waals surface area (Å²) in [5, 5.41) is 0. The van der Waals surface area contributed by atoms with Crippen LogP contribution in [0.1, 0.15) is 86.7 Å². The molecule has 0 aliphatic heterocycles. The van der Waals surface area contributed by atoms with Crippen molar-refractivity contribution in [1.29, 1.82) is 0 Å². The Hall–Kier alpha value is -2.37. The molecule has 0 fully saturated rings. The van der Waals surface area contributed by atoms with Gasteiger partial charge in [-0.3, -0.25) is 0 Å². The van der Waals surface area contributed by atoms with Gasteiger partial charge in [-0.05, 0) is 0 Å².